The van der Waals surface area contributed by atoms with Crippen molar-refractivity contribution in [1.82, 2.24) is 5.32 Å². The topological polar surface area (TPSA) is 99.0 Å². The summed E-state index contributed by atoms with van der Waals surface area (Å²) in [4.78, 5) is 12.7. The molecule has 1 amide bonds. The molecule has 1 aliphatic heterocycles. The molecule has 0 aromatic heterocycles. The quantitative estimate of drug-likeness (QED) is 0.516. The lowest BCUT2D eigenvalue weighted by atomic mass is 9.89. The van der Waals surface area contributed by atoms with E-state index >= 15 is 0 Å². The van der Waals surface area contributed by atoms with E-state index in [0.29, 0.717) is 23.1 Å². The van der Waals surface area contributed by atoms with E-state index < -0.39 is 11.9 Å². The van der Waals surface area contributed by atoms with E-state index in [4.69, 9.17) is 27.9 Å². The molecule has 4 N–H and O–H groups in total. The summed E-state index contributed by atoms with van der Waals surface area (Å²) >= 11 is 12.6. The first kappa shape index (κ1) is 21.1. The van der Waals surface area contributed by atoms with Gasteiger partial charge in [0.1, 0.15) is 23.0 Å². The summed E-state index contributed by atoms with van der Waals surface area (Å²) < 4.78 is 5.42. The number of hydrogen-bond acceptors (Lipinski definition) is 5. The van der Waals surface area contributed by atoms with Gasteiger partial charge in [0.05, 0.1) is 34.3 Å². The number of rotatable bonds is 4. The third-order valence-electron chi connectivity index (χ3n) is 5.00. The highest BCUT2D eigenvalue weighted by Crippen LogP contribution is 2.51. The van der Waals surface area contributed by atoms with Gasteiger partial charge in [0.15, 0.2) is 0 Å². The number of fused-ring (bicyclic) bond motifs is 1. The van der Waals surface area contributed by atoms with Gasteiger partial charge in [-0.05, 0) is 32.8 Å². The van der Waals surface area contributed by atoms with Crippen molar-refractivity contribution in [3.63, 3.8) is 0 Å². The molecule has 0 saturated carbocycles. The number of carbonyl (C=O) groups is 1. The van der Waals surface area contributed by atoms with Crippen LogP contribution in [-0.2, 0) is 6.42 Å². The number of hydrogen-bond donors (Lipinski definition) is 4. The van der Waals surface area contributed by atoms with Gasteiger partial charge in [-0.1, -0.05) is 34.9 Å². The molecule has 0 spiro atoms. The zero-order chi connectivity index (χ0) is 21.6. The van der Waals surface area contributed by atoms with Crippen LogP contribution in [0.2, 0.25) is 10.0 Å². The first-order chi connectivity index (χ1) is 13.6. The van der Waals surface area contributed by atoms with Crippen molar-refractivity contribution in [2.75, 3.05) is 7.11 Å². The van der Waals surface area contributed by atoms with Gasteiger partial charge in [-0.2, -0.15) is 0 Å². The molecule has 154 valence electrons. The number of phenols is 3. The number of carbonyl (C=O) groups excluding carboxylic acids is 1. The van der Waals surface area contributed by atoms with Crippen molar-refractivity contribution in [2.24, 2.45) is 0 Å². The molecule has 0 saturated heterocycles. The Morgan fingerprint density at radius 3 is 2.41 bits per heavy atom. The van der Waals surface area contributed by atoms with E-state index in [1.807, 2.05) is 19.9 Å². The lowest BCUT2D eigenvalue weighted by Gasteiger charge is -2.22. The zero-order valence-electron chi connectivity index (χ0n) is 16.4. The van der Waals surface area contributed by atoms with Crippen LogP contribution >= 0.6 is 23.2 Å². The summed E-state index contributed by atoms with van der Waals surface area (Å²) in [5, 5.41) is 34.5. The number of methoxy groups -OCH3 is 1. The Bertz CT molecular complexity index is 1060. The molecular weight excluding hydrogens is 417 g/mol. The number of allylic oxidation sites excluding steroid dienone is 2. The molecule has 0 fully saturated rings. The average Bonchev–Trinajstić information content (AvgIpc) is 2.99. The molecule has 0 unspecified atom stereocenters. The number of phenolic OH excluding ortho intramolecular Hbond substituents is 3. The normalized spacial score (nSPS) is 15.1. The second-order valence-corrected chi connectivity index (χ2v) is 7.88. The van der Waals surface area contributed by atoms with Gasteiger partial charge in [-0.3, -0.25) is 4.79 Å². The van der Waals surface area contributed by atoms with Gasteiger partial charge in [-0.25, -0.2) is 0 Å². The number of halogens is 2. The molecule has 29 heavy (non-hydrogen) atoms. The molecule has 2 aromatic rings. The molecule has 0 aliphatic carbocycles. The van der Waals surface area contributed by atoms with Gasteiger partial charge in [0.2, 0.25) is 0 Å². The molecule has 1 heterocycles. The number of amides is 1. The number of aromatic hydroxyl groups is 3. The maximum absolute atomic E-state index is 12.7. The van der Waals surface area contributed by atoms with E-state index in [1.54, 1.807) is 6.92 Å². The summed E-state index contributed by atoms with van der Waals surface area (Å²) in [6.07, 6.45) is 2.21. The van der Waals surface area contributed by atoms with Crippen LogP contribution in [0.4, 0.5) is 0 Å². The first-order valence-corrected chi connectivity index (χ1v) is 9.62. The Morgan fingerprint density at radius 2 is 1.83 bits per heavy atom. The van der Waals surface area contributed by atoms with Crippen molar-refractivity contribution in [3.8, 4) is 23.0 Å². The largest absolute Gasteiger partial charge is 0.508 e. The smallest absolute Gasteiger partial charge is 0.256 e. The minimum absolute atomic E-state index is 0.0271. The molecule has 6 nitrogen and oxygen atoms in total. The highest BCUT2D eigenvalue weighted by atomic mass is 35.5. The fourth-order valence-electron chi connectivity index (χ4n) is 3.54. The van der Waals surface area contributed by atoms with Crippen LogP contribution in [0, 0.1) is 6.92 Å². The highest BCUT2D eigenvalue weighted by molar-refractivity contribution is 6.38. The molecule has 3 rings (SSSR count). The highest BCUT2D eigenvalue weighted by Gasteiger charge is 2.40. The van der Waals surface area contributed by atoms with Crippen molar-refractivity contribution >= 4 is 29.1 Å². The van der Waals surface area contributed by atoms with Crippen LogP contribution in [0.3, 0.4) is 0 Å². The lowest BCUT2D eigenvalue weighted by Crippen LogP contribution is -2.21. The third kappa shape index (κ3) is 3.36. The summed E-state index contributed by atoms with van der Waals surface area (Å²) in [6, 6.07) is 0.211. The Kier molecular flexibility index (Phi) is 5.61. The van der Waals surface area contributed by atoms with Gasteiger partial charge in [0.25, 0.3) is 5.91 Å². The van der Waals surface area contributed by atoms with E-state index in [-0.39, 0.29) is 44.2 Å². The Morgan fingerprint density at radius 1 is 1.17 bits per heavy atom. The van der Waals surface area contributed by atoms with Crippen molar-refractivity contribution in [2.45, 2.75) is 33.2 Å². The average molecular weight is 438 g/mol. The Hall–Kier alpha value is -2.57. The monoisotopic (exact) mass is 437 g/mol. The standard InChI is InChI=1S/C21H21Cl2NO5/c1-8(2)5-6-10-11(25)7-12(26)14-13(10)18(24-21(14)28)15-19(27)16(22)9(3)17(23)20(15)29-4/h5,7,18,25-27H,6H2,1-4H3,(H,24,28)/t18-/m0/s1. The van der Waals surface area contributed by atoms with Gasteiger partial charge < -0.3 is 25.4 Å². The first-order valence-electron chi connectivity index (χ1n) is 8.86. The second-order valence-electron chi connectivity index (χ2n) is 7.12. The van der Waals surface area contributed by atoms with Crippen molar-refractivity contribution < 1.29 is 24.9 Å². The maximum Gasteiger partial charge on any atom is 0.256 e. The molecule has 0 radical (unpaired) electrons. The van der Waals surface area contributed by atoms with Crippen LogP contribution in [0.1, 0.15) is 52.5 Å². The molecule has 8 heteroatoms. The fraction of sp³-hybridized carbons (Fsp3) is 0.286. The zero-order valence-corrected chi connectivity index (χ0v) is 17.9. The van der Waals surface area contributed by atoms with E-state index in [9.17, 15) is 20.1 Å². The van der Waals surface area contributed by atoms with Crippen molar-refractivity contribution in [1.29, 1.82) is 0 Å². The van der Waals surface area contributed by atoms with Gasteiger partial charge in [0, 0.05) is 17.2 Å². The second kappa shape index (κ2) is 7.69. The summed E-state index contributed by atoms with van der Waals surface area (Å²) in [5.74, 6) is -1.21. The predicted molar refractivity (Wildman–Crippen MR) is 112 cm³/mol. The minimum Gasteiger partial charge on any atom is -0.508 e. The molecular formula is C21H21Cl2NO5. The summed E-state index contributed by atoms with van der Waals surface area (Å²) in [6.45, 7) is 5.45. The molecule has 2 aromatic carbocycles. The summed E-state index contributed by atoms with van der Waals surface area (Å²) in [5.41, 5.74) is 2.41. The van der Waals surface area contributed by atoms with Crippen LogP contribution in [0.5, 0.6) is 23.0 Å². The predicted octanol–water partition coefficient (Wildman–Crippen LogP) is 4.77. The fourth-order valence-corrected chi connectivity index (χ4v) is 4.06. The Labute approximate surface area is 178 Å². The number of nitrogens with one attached hydrogen (secondary N) is 1. The SMILES string of the molecule is COc1c(Cl)c(C)c(Cl)c(O)c1[C@H]1NC(=O)c2c(O)cc(O)c(CC=C(C)C)c21. The molecule has 0 bridgehead atoms. The molecule has 1 aliphatic rings. The Balaban J connectivity index is 2.37. The van der Waals surface area contributed by atoms with Gasteiger partial charge in [-0.15, -0.1) is 0 Å². The lowest BCUT2D eigenvalue weighted by molar-refractivity contribution is 0.0958. The van der Waals surface area contributed by atoms with Crippen LogP contribution < -0.4 is 10.1 Å². The maximum atomic E-state index is 12.7. The van der Waals surface area contributed by atoms with Crippen molar-refractivity contribution in [3.05, 3.63) is 55.6 Å². The van der Waals surface area contributed by atoms with E-state index in [2.05, 4.69) is 5.32 Å². The molecule has 1 atom stereocenters. The number of benzene rings is 2. The van der Waals surface area contributed by atoms with E-state index in [1.165, 1.54) is 7.11 Å². The third-order valence-corrected chi connectivity index (χ3v) is 5.91. The van der Waals surface area contributed by atoms with Gasteiger partial charge >= 0.3 is 0 Å². The summed E-state index contributed by atoms with van der Waals surface area (Å²) in [7, 11) is 1.39. The van der Waals surface area contributed by atoms with Crippen LogP contribution in [0.25, 0.3) is 0 Å². The number of ether oxygens (including phenoxy) is 1. The van der Waals surface area contributed by atoms with E-state index in [0.717, 1.165) is 11.6 Å². The van der Waals surface area contributed by atoms with Crippen LogP contribution in [-0.4, -0.2) is 28.3 Å². The minimum atomic E-state index is -0.929. The van der Waals surface area contributed by atoms with Crippen LogP contribution in [0.15, 0.2) is 17.7 Å².